The topological polar surface area (TPSA) is 65.5 Å². The highest BCUT2D eigenvalue weighted by atomic mass is 35.5. The molecule has 1 aromatic carbocycles. The molecule has 3 rings (SSSR count). The van der Waals surface area contributed by atoms with E-state index in [0.29, 0.717) is 22.2 Å². The molecule has 0 aliphatic heterocycles. The van der Waals surface area contributed by atoms with Crippen LogP contribution in [0.25, 0.3) is 0 Å². The smallest absolute Gasteiger partial charge is 0.322 e. The second kappa shape index (κ2) is 6.59. The first-order valence-electron chi connectivity index (χ1n) is 7.49. The number of rotatable bonds is 2. The Hall–Kier alpha value is -1.82. The monoisotopic (exact) mass is 365 g/mol. The van der Waals surface area contributed by atoms with Gasteiger partial charge in [0, 0.05) is 41.1 Å². The van der Waals surface area contributed by atoms with Gasteiger partial charge in [-0.3, -0.25) is 4.98 Å². The standard InChI is InChI=1S/C17H17Cl2N3O2/c1-9-5-11(3-4-20-9)21-17(24)22(2)16-13-6-10(18)7-14(19)12(13)8-15(16)23/h3-7,15-16,23H,8H2,1-2H3,(H,20,21,24)/t15-,16-/m0/s1. The van der Waals surface area contributed by atoms with Crippen molar-refractivity contribution in [1.82, 2.24) is 9.88 Å². The van der Waals surface area contributed by atoms with E-state index in [0.717, 1.165) is 16.8 Å². The number of aliphatic hydroxyl groups excluding tert-OH is 1. The average molecular weight is 366 g/mol. The Bertz CT molecular complexity index is 797. The normalized spacial score (nSPS) is 19.0. The fraction of sp³-hybridized carbons (Fsp3) is 0.294. The van der Waals surface area contributed by atoms with Crippen molar-refractivity contribution in [3.8, 4) is 0 Å². The van der Waals surface area contributed by atoms with Gasteiger partial charge in [-0.15, -0.1) is 0 Å². The number of hydrogen-bond acceptors (Lipinski definition) is 3. The van der Waals surface area contributed by atoms with Gasteiger partial charge in [0.2, 0.25) is 0 Å². The van der Waals surface area contributed by atoms with Gasteiger partial charge < -0.3 is 15.3 Å². The number of likely N-dealkylation sites (N-methyl/N-ethyl adjacent to an activating group) is 1. The van der Waals surface area contributed by atoms with Crippen LogP contribution >= 0.6 is 23.2 Å². The zero-order valence-electron chi connectivity index (χ0n) is 13.3. The lowest BCUT2D eigenvalue weighted by atomic mass is 10.1. The van der Waals surface area contributed by atoms with Crippen molar-refractivity contribution in [3.05, 3.63) is 57.3 Å². The first-order valence-corrected chi connectivity index (χ1v) is 8.24. The molecule has 0 bridgehead atoms. The quantitative estimate of drug-likeness (QED) is 0.849. The lowest BCUT2D eigenvalue weighted by Gasteiger charge is -2.28. The third-order valence-corrected chi connectivity index (χ3v) is 4.73. The van der Waals surface area contributed by atoms with Crippen molar-refractivity contribution >= 4 is 34.9 Å². The van der Waals surface area contributed by atoms with Gasteiger partial charge in [-0.25, -0.2) is 4.79 Å². The van der Waals surface area contributed by atoms with Crippen LogP contribution in [0, 0.1) is 6.92 Å². The van der Waals surface area contributed by atoms with Crippen molar-refractivity contribution in [2.24, 2.45) is 0 Å². The number of carbonyl (C=O) groups is 1. The Balaban J connectivity index is 1.85. The molecule has 0 saturated heterocycles. The summed E-state index contributed by atoms with van der Waals surface area (Å²) in [6.45, 7) is 1.85. The van der Waals surface area contributed by atoms with Gasteiger partial charge in [-0.2, -0.15) is 0 Å². The number of nitrogens with one attached hydrogen (secondary N) is 1. The Morgan fingerprint density at radius 2 is 2.12 bits per heavy atom. The number of anilines is 1. The summed E-state index contributed by atoms with van der Waals surface area (Å²) < 4.78 is 0. The van der Waals surface area contributed by atoms with Crippen LogP contribution in [0.4, 0.5) is 10.5 Å². The van der Waals surface area contributed by atoms with Crippen LogP contribution in [0.3, 0.4) is 0 Å². The Labute approximate surface area is 150 Å². The number of halogens is 2. The van der Waals surface area contributed by atoms with Crippen molar-refractivity contribution in [2.75, 3.05) is 12.4 Å². The van der Waals surface area contributed by atoms with E-state index in [1.54, 1.807) is 37.5 Å². The van der Waals surface area contributed by atoms with Crippen LogP contribution in [-0.2, 0) is 6.42 Å². The zero-order valence-corrected chi connectivity index (χ0v) is 14.8. The predicted octanol–water partition coefficient (Wildman–Crippen LogP) is 3.82. The maximum atomic E-state index is 12.6. The molecule has 1 aliphatic carbocycles. The van der Waals surface area contributed by atoms with Crippen molar-refractivity contribution in [3.63, 3.8) is 0 Å². The number of benzene rings is 1. The molecule has 7 heteroatoms. The molecule has 1 aliphatic rings. The molecular weight excluding hydrogens is 349 g/mol. The molecule has 2 amide bonds. The van der Waals surface area contributed by atoms with Crippen molar-refractivity contribution in [1.29, 1.82) is 0 Å². The minimum Gasteiger partial charge on any atom is -0.390 e. The molecule has 0 radical (unpaired) electrons. The third kappa shape index (κ3) is 3.20. The highest BCUT2D eigenvalue weighted by Gasteiger charge is 2.37. The number of pyridine rings is 1. The van der Waals surface area contributed by atoms with E-state index in [1.807, 2.05) is 6.92 Å². The van der Waals surface area contributed by atoms with E-state index in [9.17, 15) is 9.90 Å². The van der Waals surface area contributed by atoms with Crippen LogP contribution in [0.5, 0.6) is 0 Å². The number of urea groups is 1. The zero-order chi connectivity index (χ0) is 17.4. The molecule has 0 spiro atoms. The number of carbonyl (C=O) groups excluding carboxylic acids is 1. The van der Waals surface area contributed by atoms with E-state index >= 15 is 0 Å². The van der Waals surface area contributed by atoms with E-state index in [1.165, 1.54) is 4.90 Å². The van der Waals surface area contributed by atoms with Gasteiger partial charge in [0.25, 0.3) is 0 Å². The number of aryl methyl sites for hydroxylation is 1. The maximum Gasteiger partial charge on any atom is 0.322 e. The molecule has 0 fully saturated rings. The minimum atomic E-state index is -0.731. The van der Waals surface area contributed by atoms with Crippen LogP contribution in [0.2, 0.25) is 10.0 Å². The molecule has 0 unspecified atom stereocenters. The Morgan fingerprint density at radius 1 is 1.38 bits per heavy atom. The molecule has 2 atom stereocenters. The van der Waals surface area contributed by atoms with Gasteiger partial charge in [0.05, 0.1) is 12.1 Å². The molecule has 126 valence electrons. The second-order valence-electron chi connectivity index (χ2n) is 5.90. The number of amides is 2. The molecule has 24 heavy (non-hydrogen) atoms. The van der Waals surface area contributed by atoms with Crippen LogP contribution < -0.4 is 5.32 Å². The number of fused-ring (bicyclic) bond motifs is 1. The molecule has 2 N–H and O–H groups in total. The van der Waals surface area contributed by atoms with E-state index < -0.39 is 12.1 Å². The molecule has 5 nitrogen and oxygen atoms in total. The minimum absolute atomic E-state index is 0.325. The Morgan fingerprint density at radius 3 is 2.83 bits per heavy atom. The maximum absolute atomic E-state index is 12.6. The van der Waals surface area contributed by atoms with Crippen LogP contribution in [-0.4, -0.2) is 34.2 Å². The summed E-state index contributed by atoms with van der Waals surface area (Å²) in [7, 11) is 1.64. The number of aliphatic hydroxyl groups is 1. The van der Waals surface area contributed by atoms with E-state index in [4.69, 9.17) is 23.2 Å². The summed E-state index contributed by atoms with van der Waals surface area (Å²) >= 11 is 12.3. The summed E-state index contributed by atoms with van der Waals surface area (Å²) in [6.07, 6.45) is 1.29. The fourth-order valence-corrected chi connectivity index (χ4v) is 3.65. The SMILES string of the molecule is Cc1cc(NC(=O)N(C)[C@H]2c3cc(Cl)cc(Cl)c3C[C@@H]2O)ccn1. The molecule has 2 aromatic rings. The molecule has 1 heterocycles. The molecule has 0 saturated carbocycles. The first kappa shape index (κ1) is 17.0. The number of hydrogen-bond donors (Lipinski definition) is 2. The fourth-order valence-electron chi connectivity index (χ4n) is 3.06. The highest BCUT2D eigenvalue weighted by Crippen LogP contribution is 2.40. The largest absolute Gasteiger partial charge is 0.390 e. The average Bonchev–Trinajstić information content (AvgIpc) is 2.83. The van der Waals surface area contributed by atoms with Gasteiger partial charge >= 0.3 is 6.03 Å². The summed E-state index contributed by atoms with van der Waals surface area (Å²) in [5.41, 5.74) is 3.07. The summed E-state index contributed by atoms with van der Waals surface area (Å²) in [4.78, 5) is 18.1. The lowest BCUT2D eigenvalue weighted by Crippen LogP contribution is -2.38. The number of nitrogens with zero attached hydrogens (tertiary/aromatic N) is 2. The highest BCUT2D eigenvalue weighted by molar-refractivity contribution is 6.35. The van der Waals surface area contributed by atoms with Crippen LogP contribution in [0.15, 0.2) is 30.5 Å². The molecular formula is C17H17Cl2N3O2. The van der Waals surface area contributed by atoms with Gasteiger partial charge in [0.15, 0.2) is 0 Å². The second-order valence-corrected chi connectivity index (χ2v) is 6.74. The van der Waals surface area contributed by atoms with Crippen molar-refractivity contribution in [2.45, 2.75) is 25.5 Å². The van der Waals surface area contributed by atoms with Gasteiger partial charge in [-0.05, 0) is 42.3 Å². The summed E-state index contributed by atoms with van der Waals surface area (Å²) in [5.74, 6) is 0. The van der Waals surface area contributed by atoms with Gasteiger partial charge in [0.1, 0.15) is 0 Å². The van der Waals surface area contributed by atoms with E-state index in [-0.39, 0.29) is 6.03 Å². The summed E-state index contributed by atoms with van der Waals surface area (Å²) in [5, 5.41) is 14.2. The summed E-state index contributed by atoms with van der Waals surface area (Å²) in [6, 6.07) is 6.07. The Kier molecular flexibility index (Phi) is 4.67. The first-order chi connectivity index (χ1) is 11.4. The number of aromatic nitrogens is 1. The van der Waals surface area contributed by atoms with Gasteiger partial charge in [-0.1, -0.05) is 23.2 Å². The third-order valence-electron chi connectivity index (χ3n) is 4.18. The lowest BCUT2D eigenvalue weighted by molar-refractivity contribution is 0.0934. The molecule has 1 aromatic heterocycles. The van der Waals surface area contributed by atoms with Crippen LogP contribution in [0.1, 0.15) is 22.9 Å². The van der Waals surface area contributed by atoms with E-state index in [2.05, 4.69) is 10.3 Å². The predicted molar refractivity (Wildman–Crippen MR) is 94.7 cm³/mol. The van der Waals surface area contributed by atoms with Crippen molar-refractivity contribution < 1.29 is 9.90 Å².